The largest absolute Gasteiger partial charge is 0.0876 e. The molecule has 0 nitrogen and oxygen atoms in total. The first kappa shape index (κ1) is 15.0. The van der Waals surface area contributed by atoms with Crippen LogP contribution in [-0.4, -0.2) is 0 Å². The Kier molecular flexibility index (Phi) is 5.73. The van der Waals surface area contributed by atoms with Gasteiger partial charge in [0.05, 0.1) is 0 Å². The molecule has 4 heteroatoms. The van der Waals surface area contributed by atoms with Crippen molar-refractivity contribution < 1.29 is 0 Å². The highest BCUT2D eigenvalue weighted by atomic mass is 79.9. The van der Waals surface area contributed by atoms with Crippen molar-refractivity contribution in [2.24, 2.45) is 0 Å². The molecular formula is C14H12Br4. The van der Waals surface area contributed by atoms with E-state index in [1.165, 1.54) is 33.0 Å². The fraction of sp³-hybridized carbons (Fsp3) is 0.286. The van der Waals surface area contributed by atoms with E-state index in [1.807, 2.05) is 0 Å². The van der Waals surface area contributed by atoms with E-state index < -0.39 is 0 Å². The van der Waals surface area contributed by atoms with E-state index in [4.69, 9.17) is 0 Å². The number of rotatable bonds is 4. The summed E-state index contributed by atoms with van der Waals surface area (Å²) in [5, 5.41) is 6.32. The van der Waals surface area contributed by atoms with Crippen LogP contribution in [0.5, 0.6) is 0 Å². The van der Waals surface area contributed by atoms with E-state index in [1.54, 1.807) is 0 Å². The van der Waals surface area contributed by atoms with E-state index in [2.05, 4.69) is 88.0 Å². The third-order valence-electron chi connectivity index (χ3n) is 3.08. The Morgan fingerprint density at radius 3 is 0.889 bits per heavy atom. The van der Waals surface area contributed by atoms with Gasteiger partial charge in [-0.25, -0.2) is 0 Å². The lowest BCUT2D eigenvalue weighted by atomic mass is 9.94. The quantitative estimate of drug-likeness (QED) is 0.426. The molecule has 0 radical (unpaired) electrons. The highest BCUT2D eigenvalue weighted by Crippen LogP contribution is 2.33. The number of fused-ring (bicyclic) bond motifs is 1. The van der Waals surface area contributed by atoms with Crippen LogP contribution in [0.2, 0.25) is 0 Å². The Balaban J connectivity index is 2.92. The number of alkyl halides is 4. The monoisotopic (exact) mass is 496 g/mol. The minimum absolute atomic E-state index is 0.887. The van der Waals surface area contributed by atoms with Crippen molar-refractivity contribution in [3.05, 3.63) is 46.5 Å². The van der Waals surface area contributed by atoms with E-state index in [0.717, 1.165) is 21.3 Å². The molecule has 2 aromatic rings. The second-order valence-corrected chi connectivity index (χ2v) is 6.30. The third-order valence-corrected chi connectivity index (χ3v) is 5.50. The molecule has 2 rings (SSSR count). The summed E-state index contributed by atoms with van der Waals surface area (Å²) >= 11 is 14.4. The molecule has 0 bridgehead atoms. The fourth-order valence-corrected chi connectivity index (χ4v) is 4.10. The van der Waals surface area contributed by atoms with Crippen LogP contribution in [0.4, 0.5) is 0 Å². The van der Waals surface area contributed by atoms with Gasteiger partial charge in [0, 0.05) is 21.3 Å². The predicted molar refractivity (Wildman–Crippen MR) is 94.5 cm³/mol. The van der Waals surface area contributed by atoms with Crippen LogP contribution in [0, 0.1) is 0 Å². The second-order valence-electron chi connectivity index (χ2n) is 4.05. The number of halogens is 4. The molecule has 0 atom stereocenters. The van der Waals surface area contributed by atoms with Gasteiger partial charge in [0.25, 0.3) is 0 Å². The first-order valence-corrected chi connectivity index (χ1v) is 10.0. The second kappa shape index (κ2) is 6.87. The normalized spacial score (nSPS) is 11.1. The maximum Gasteiger partial charge on any atom is 0.0289 e. The molecule has 0 aliphatic carbocycles. The van der Waals surface area contributed by atoms with Gasteiger partial charge in [-0.2, -0.15) is 0 Å². The Bertz CT molecular complexity index is 466. The number of benzene rings is 2. The van der Waals surface area contributed by atoms with Crippen molar-refractivity contribution in [3.63, 3.8) is 0 Å². The summed E-state index contributed by atoms with van der Waals surface area (Å²) in [6, 6.07) is 8.88. The average molecular weight is 500 g/mol. The zero-order valence-corrected chi connectivity index (χ0v) is 16.0. The molecule has 0 unspecified atom stereocenters. The minimum atomic E-state index is 0.887. The zero-order valence-electron chi connectivity index (χ0n) is 9.65. The molecule has 0 saturated heterocycles. The first-order chi connectivity index (χ1) is 8.76. The Hall–Kier alpha value is 0.620. The number of hydrogen-bond donors (Lipinski definition) is 0. The summed E-state index contributed by atoms with van der Waals surface area (Å²) in [6.45, 7) is 0. The van der Waals surface area contributed by atoms with Gasteiger partial charge in [-0.1, -0.05) is 88.0 Å². The van der Waals surface area contributed by atoms with Gasteiger partial charge in [-0.3, -0.25) is 0 Å². The van der Waals surface area contributed by atoms with E-state index in [0.29, 0.717) is 0 Å². The molecule has 0 spiro atoms. The molecular weight excluding hydrogens is 488 g/mol. The van der Waals surface area contributed by atoms with Crippen LogP contribution in [0.1, 0.15) is 22.3 Å². The Morgan fingerprint density at radius 2 is 0.722 bits per heavy atom. The minimum Gasteiger partial charge on any atom is -0.0876 e. The molecule has 0 fully saturated rings. The lowest BCUT2D eigenvalue weighted by Crippen LogP contribution is -1.95. The summed E-state index contributed by atoms with van der Waals surface area (Å²) in [6.07, 6.45) is 0. The van der Waals surface area contributed by atoms with Crippen molar-refractivity contribution in [1.82, 2.24) is 0 Å². The predicted octanol–water partition coefficient (Wildman–Crippen LogP) is 6.42. The molecule has 0 aliphatic rings. The highest BCUT2D eigenvalue weighted by Gasteiger charge is 2.12. The van der Waals surface area contributed by atoms with Gasteiger partial charge in [0.1, 0.15) is 0 Å². The standard InChI is InChI=1S/C14H12Br4/c15-5-9-1-2-10(6-16)14-12(8-18)4-3-11(7-17)13(9)14/h1-4H,5-8H2. The maximum absolute atomic E-state index is 3.60. The molecule has 0 aromatic heterocycles. The van der Waals surface area contributed by atoms with Crippen molar-refractivity contribution in [1.29, 1.82) is 0 Å². The van der Waals surface area contributed by atoms with Gasteiger partial charge < -0.3 is 0 Å². The van der Waals surface area contributed by atoms with Crippen molar-refractivity contribution in [2.75, 3.05) is 0 Å². The Morgan fingerprint density at radius 1 is 0.500 bits per heavy atom. The van der Waals surface area contributed by atoms with Gasteiger partial charge in [-0.15, -0.1) is 0 Å². The molecule has 0 saturated carbocycles. The smallest absolute Gasteiger partial charge is 0.0289 e. The van der Waals surface area contributed by atoms with Crippen molar-refractivity contribution in [3.8, 4) is 0 Å². The molecule has 96 valence electrons. The first-order valence-electron chi connectivity index (χ1n) is 5.55. The summed E-state index contributed by atoms with van der Waals surface area (Å²) in [7, 11) is 0. The van der Waals surface area contributed by atoms with Crippen LogP contribution in [0.15, 0.2) is 24.3 Å². The van der Waals surface area contributed by atoms with E-state index in [9.17, 15) is 0 Å². The van der Waals surface area contributed by atoms with Crippen molar-refractivity contribution >= 4 is 74.5 Å². The molecule has 0 heterocycles. The average Bonchev–Trinajstić information content (AvgIpc) is 2.44. The molecule has 0 aliphatic heterocycles. The lowest BCUT2D eigenvalue weighted by molar-refractivity contribution is 1.35. The molecule has 0 N–H and O–H groups in total. The summed E-state index contributed by atoms with van der Waals surface area (Å²) in [5.41, 5.74) is 5.41. The topological polar surface area (TPSA) is 0 Å². The molecule has 18 heavy (non-hydrogen) atoms. The summed E-state index contributed by atoms with van der Waals surface area (Å²) in [5.74, 6) is 0. The SMILES string of the molecule is BrCc1ccc(CBr)c2c(CBr)ccc(CBr)c12. The zero-order chi connectivity index (χ0) is 13.1. The third kappa shape index (κ3) is 2.72. The van der Waals surface area contributed by atoms with Gasteiger partial charge in [0.15, 0.2) is 0 Å². The Labute approximate surface area is 141 Å². The van der Waals surface area contributed by atoms with Crippen LogP contribution >= 0.6 is 63.7 Å². The summed E-state index contributed by atoms with van der Waals surface area (Å²) in [4.78, 5) is 0. The number of hydrogen-bond acceptors (Lipinski definition) is 0. The summed E-state index contributed by atoms with van der Waals surface area (Å²) < 4.78 is 0. The molecule has 0 amide bonds. The van der Waals surface area contributed by atoms with Crippen LogP contribution in [0.3, 0.4) is 0 Å². The molecule has 2 aromatic carbocycles. The van der Waals surface area contributed by atoms with Crippen LogP contribution < -0.4 is 0 Å². The van der Waals surface area contributed by atoms with Gasteiger partial charge >= 0.3 is 0 Å². The fourth-order valence-electron chi connectivity index (χ4n) is 2.24. The van der Waals surface area contributed by atoms with E-state index >= 15 is 0 Å². The highest BCUT2D eigenvalue weighted by molar-refractivity contribution is 9.09. The maximum atomic E-state index is 3.60. The van der Waals surface area contributed by atoms with Crippen molar-refractivity contribution in [2.45, 2.75) is 21.3 Å². The van der Waals surface area contributed by atoms with Crippen LogP contribution in [-0.2, 0) is 21.3 Å². The van der Waals surface area contributed by atoms with E-state index in [-0.39, 0.29) is 0 Å². The lowest BCUT2D eigenvalue weighted by Gasteiger charge is -2.15. The van der Waals surface area contributed by atoms with Crippen LogP contribution in [0.25, 0.3) is 10.8 Å². The van der Waals surface area contributed by atoms with Gasteiger partial charge in [-0.05, 0) is 33.0 Å². The van der Waals surface area contributed by atoms with Gasteiger partial charge in [0.2, 0.25) is 0 Å².